The summed E-state index contributed by atoms with van der Waals surface area (Å²) in [5, 5.41) is 12.0. The van der Waals surface area contributed by atoms with Gasteiger partial charge in [-0.05, 0) is 43.3 Å². The highest BCUT2D eigenvalue weighted by Gasteiger charge is 2.11. The summed E-state index contributed by atoms with van der Waals surface area (Å²) >= 11 is 0. The first-order valence-electron chi connectivity index (χ1n) is 6.42. The van der Waals surface area contributed by atoms with Gasteiger partial charge in [0.05, 0.1) is 0 Å². The van der Waals surface area contributed by atoms with Crippen LogP contribution in [0, 0.1) is 0 Å². The third-order valence-electron chi connectivity index (χ3n) is 3.06. The number of nitrogens with zero attached hydrogens (tertiary/aromatic N) is 1. The number of rotatable bonds is 3. The van der Waals surface area contributed by atoms with Crippen molar-refractivity contribution in [3.05, 3.63) is 54.1 Å². The van der Waals surface area contributed by atoms with Crippen LogP contribution in [0.5, 0.6) is 5.75 Å². The molecule has 0 aromatic heterocycles. The highest BCUT2D eigenvalue weighted by atomic mass is 16.3. The lowest BCUT2D eigenvalue weighted by Crippen LogP contribution is -2.31. The zero-order valence-electron chi connectivity index (χ0n) is 11.8. The SMILES string of the molecule is CC(=O)c1cccc(NC(=O)N(C)c2ccc(O)cc2)c1. The molecule has 0 saturated carbocycles. The molecule has 0 aliphatic heterocycles. The topological polar surface area (TPSA) is 69.6 Å². The molecule has 5 heteroatoms. The van der Waals surface area contributed by atoms with E-state index >= 15 is 0 Å². The van der Waals surface area contributed by atoms with Gasteiger partial charge in [0.1, 0.15) is 5.75 Å². The summed E-state index contributed by atoms with van der Waals surface area (Å²) in [5.41, 5.74) is 1.74. The number of benzene rings is 2. The van der Waals surface area contributed by atoms with E-state index in [0.717, 1.165) is 0 Å². The second-order valence-corrected chi connectivity index (χ2v) is 4.64. The van der Waals surface area contributed by atoms with Crippen molar-refractivity contribution in [3.8, 4) is 5.75 Å². The second kappa shape index (κ2) is 6.09. The van der Waals surface area contributed by atoms with E-state index in [-0.39, 0.29) is 17.6 Å². The predicted octanol–water partition coefficient (Wildman–Crippen LogP) is 3.26. The number of carbonyl (C=O) groups is 2. The van der Waals surface area contributed by atoms with Gasteiger partial charge in [0.2, 0.25) is 0 Å². The monoisotopic (exact) mass is 284 g/mol. The summed E-state index contributed by atoms with van der Waals surface area (Å²) in [5.74, 6) is 0.0831. The largest absolute Gasteiger partial charge is 0.508 e. The van der Waals surface area contributed by atoms with E-state index in [1.807, 2.05) is 0 Å². The zero-order valence-corrected chi connectivity index (χ0v) is 11.8. The number of hydrogen-bond acceptors (Lipinski definition) is 3. The Morgan fingerprint density at radius 1 is 1.10 bits per heavy atom. The van der Waals surface area contributed by atoms with Crippen LogP contribution >= 0.6 is 0 Å². The number of aromatic hydroxyl groups is 1. The van der Waals surface area contributed by atoms with Crippen LogP contribution < -0.4 is 10.2 Å². The van der Waals surface area contributed by atoms with E-state index in [4.69, 9.17) is 0 Å². The molecular formula is C16H16N2O3. The van der Waals surface area contributed by atoms with Crippen molar-refractivity contribution in [1.82, 2.24) is 0 Å². The molecule has 0 atom stereocenters. The fraction of sp³-hybridized carbons (Fsp3) is 0.125. The van der Waals surface area contributed by atoms with Crippen LogP contribution in [0.3, 0.4) is 0 Å². The average molecular weight is 284 g/mol. The number of phenols is 1. The maximum absolute atomic E-state index is 12.1. The number of ketones is 1. The van der Waals surface area contributed by atoms with Crippen LogP contribution in [-0.2, 0) is 0 Å². The minimum atomic E-state index is -0.332. The average Bonchev–Trinajstić information content (AvgIpc) is 2.47. The Morgan fingerprint density at radius 3 is 2.38 bits per heavy atom. The molecule has 0 bridgehead atoms. The summed E-state index contributed by atoms with van der Waals surface area (Å²) in [6.07, 6.45) is 0. The Morgan fingerprint density at radius 2 is 1.76 bits per heavy atom. The Balaban J connectivity index is 2.12. The first-order chi connectivity index (χ1) is 9.97. The normalized spacial score (nSPS) is 10.0. The molecule has 0 heterocycles. The Kier molecular flexibility index (Phi) is 4.23. The van der Waals surface area contributed by atoms with E-state index in [1.165, 1.54) is 24.0 Å². The van der Waals surface area contributed by atoms with Crippen molar-refractivity contribution < 1.29 is 14.7 Å². The van der Waals surface area contributed by atoms with Gasteiger partial charge in [-0.2, -0.15) is 0 Å². The van der Waals surface area contributed by atoms with Gasteiger partial charge >= 0.3 is 6.03 Å². The summed E-state index contributed by atoms with van der Waals surface area (Å²) in [7, 11) is 1.62. The summed E-state index contributed by atoms with van der Waals surface area (Å²) in [4.78, 5) is 24.9. The van der Waals surface area contributed by atoms with E-state index in [2.05, 4.69) is 5.32 Å². The molecule has 0 spiro atoms. The molecule has 0 radical (unpaired) electrons. The predicted molar refractivity (Wildman–Crippen MR) is 82.0 cm³/mol. The molecule has 0 fully saturated rings. The molecule has 5 nitrogen and oxygen atoms in total. The van der Waals surface area contributed by atoms with Crippen LogP contribution in [0.2, 0.25) is 0 Å². The summed E-state index contributed by atoms with van der Waals surface area (Å²) in [6, 6.07) is 12.7. The van der Waals surface area contributed by atoms with Gasteiger partial charge in [-0.3, -0.25) is 9.69 Å². The maximum atomic E-state index is 12.1. The Labute approximate surface area is 122 Å². The summed E-state index contributed by atoms with van der Waals surface area (Å²) < 4.78 is 0. The van der Waals surface area contributed by atoms with Crippen molar-refractivity contribution in [1.29, 1.82) is 0 Å². The van der Waals surface area contributed by atoms with E-state index in [9.17, 15) is 14.7 Å². The van der Waals surface area contributed by atoms with Gasteiger partial charge in [-0.25, -0.2) is 4.79 Å². The highest BCUT2D eigenvalue weighted by molar-refractivity contribution is 6.02. The van der Waals surface area contributed by atoms with Crippen molar-refractivity contribution in [2.75, 3.05) is 17.3 Å². The molecule has 21 heavy (non-hydrogen) atoms. The second-order valence-electron chi connectivity index (χ2n) is 4.64. The number of phenolic OH excluding ortho intramolecular Hbond substituents is 1. The van der Waals surface area contributed by atoms with Crippen LogP contribution in [0.15, 0.2) is 48.5 Å². The molecule has 0 aliphatic rings. The number of anilines is 2. The Hall–Kier alpha value is -2.82. The molecule has 2 rings (SSSR count). The Bertz CT molecular complexity index is 665. The van der Waals surface area contributed by atoms with Gasteiger partial charge in [0, 0.05) is 24.0 Å². The number of Topliss-reactive ketones (excluding diaryl/α,β-unsaturated/α-hetero) is 1. The van der Waals surface area contributed by atoms with E-state index in [1.54, 1.807) is 43.4 Å². The van der Waals surface area contributed by atoms with Crippen molar-refractivity contribution >= 4 is 23.2 Å². The van der Waals surface area contributed by atoms with Gasteiger partial charge < -0.3 is 10.4 Å². The molecule has 108 valence electrons. The van der Waals surface area contributed by atoms with E-state index < -0.39 is 0 Å². The van der Waals surface area contributed by atoms with Crippen LogP contribution in [0.4, 0.5) is 16.2 Å². The molecule has 0 unspecified atom stereocenters. The third-order valence-corrected chi connectivity index (χ3v) is 3.06. The molecule has 0 saturated heterocycles. The molecular weight excluding hydrogens is 268 g/mol. The first kappa shape index (κ1) is 14.6. The van der Waals surface area contributed by atoms with Crippen molar-refractivity contribution in [2.45, 2.75) is 6.92 Å². The fourth-order valence-electron chi connectivity index (χ4n) is 1.82. The van der Waals surface area contributed by atoms with E-state index in [0.29, 0.717) is 16.9 Å². The quantitative estimate of drug-likeness (QED) is 0.850. The number of urea groups is 1. The maximum Gasteiger partial charge on any atom is 0.326 e. The molecule has 2 amide bonds. The van der Waals surface area contributed by atoms with Crippen molar-refractivity contribution in [2.24, 2.45) is 0 Å². The van der Waals surface area contributed by atoms with Crippen LogP contribution in [-0.4, -0.2) is 24.0 Å². The lowest BCUT2D eigenvalue weighted by Gasteiger charge is -2.18. The lowest BCUT2D eigenvalue weighted by atomic mass is 10.1. The smallest absolute Gasteiger partial charge is 0.326 e. The number of carbonyl (C=O) groups excluding carboxylic acids is 2. The molecule has 2 aromatic carbocycles. The highest BCUT2D eigenvalue weighted by Crippen LogP contribution is 2.18. The standard InChI is InChI=1S/C16H16N2O3/c1-11(19)12-4-3-5-13(10-12)17-16(21)18(2)14-6-8-15(20)9-7-14/h3-10,20H,1-2H3,(H,17,21). The number of amides is 2. The number of nitrogens with one attached hydrogen (secondary N) is 1. The van der Waals surface area contributed by atoms with Crippen LogP contribution in [0.1, 0.15) is 17.3 Å². The zero-order chi connectivity index (χ0) is 15.4. The van der Waals surface area contributed by atoms with Crippen molar-refractivity contribution in [3.63, 3.8) is 0 Å². The van der Waals surface area contributed by atoms with Gasteiger partial charge in [0.25, 0.3) is 0 Å². The van der Waals surface area contributed by atoms with Crippen LogP contribution in [0.25, 0.3) is 0 Å². The molecule has 0 aliphatic carbocycles. The minimum absolute atomic E-state index is 0.0574. The first-order valence-corrected chi connectivity index (χ1v) is 6.42. The molecule has 2 N–H and O–H groups in total. The molecule has 2 aromatic rings. The minimum Gasteiger partial charge on any atom is -0.508 e. The lowest BCUT2D eigenvalue weighted by molar-refractivity contribution is 0.101. The van der Waals surface area contributed by atoms with Gasteiger partial charge in [-0.1, -0.05) is 12.1 Å². The van der Waals surface area contributed by atoms with Gasteiger partial charge in [0.15, 0.2) is 5.78 Å². The third kappa shape index (κ3) is 3.60. The van der Waals surface area contributed by atoms with Gasteiger partial charge in [-0.15, -0.1) is 0 Å². The summed E-state index contributed by atoms with van der Waals surface area (Å²) in [6.45, 7) is 1.48. The number of hydrogen-bond donors (Lipinski definition) is 2. The fourth-order valence-corrected chi connectivity index (χ4v) is 1.82.